The van der Waals surface area contributed by atoms with Gasteiger partial charge in [-0.1, -0.05) is 24.3 Å². The van der Waals surface area contributed by atoms with Crippen LogP contribution in [0.5, 0.6) is 11.5 Å². The first-order valence-corrected chi connectivity index (χ1v) is 10.4. The first-order valence-electron chi connectivity index (χ1n) is 10.4. The Bertz CT molecular complexity index is 1180. The van der Waals surface area contributed by atoms with E-state index in [-0.39, 0.29) is 18.3 Å². The van der Waals surface area contributed by atoms with Crippen molar-refractivity contribution >= 4 is 11.6 Å². The minimum atomic E-state index is -0.340. The molecule has 0 fully saturated rings. The van der Waals surface area contributed by atoms with Gasteiger partial charge in [-0.25, -0.2) is 0 Å². The highest BCUT2D eigenvalue weighted by atomic mass is 16.5. The van der Waals surface area contributed by atoms with Gasteiger partial charge in [-0.15, -0.1) is 0 Å². The summed E-state index contributed by atoms with van der Waals surface area (Å²) in [7, 11) is 0. The molecule has 0 spiro atoms. The van der Waals surface area contributed by atoms with E-state index in [9.17, 15) is 4.79 Å². The van der Waals surface area contributed by atoms with Crippen LogP contribution in [-0.4, -0.2) is 22.3 Å². The average molecular weight is 431 g/mol. The third-order valence-corrected chi connectivity index (χ3v) is 4.89. The Morgan fingerprint density at radius 1 is 1.03 bits per heavy atom. The molecule has 2 aromatic carbocycles. The maximum atomic E-state index is 12.5. The molecule has 1 N–H and O–H groups in total. The number of hydrogen-bond acceptors (Lipinski definition) is 5. The minimum Gasteiger partial charge on any atom is -0.494 e. The van der Waals surface area contributed by atoms with Crippen molar-refractivity contribution in [2.75, 3.05) is 11.9 Å². The van der Waals surface area contributed by atoms with Gasteiger partial charge in [-0.3, -0.25) is 9.48 Å². The van der Waals surface area contributed by atoms with E-state index < -0.39 is 0 Å². The molecule has 0 bridgehead atoms. The largest absolute Gasteiger partial charge is 0.494 e. The van der Waals surface area contributed by atoms with Crippen molar-refractivity contribution in [1.29, 1.82) is 0 Å². The van der Waals surface area contributed by atoms with Gasteiger partial charge in [-0.05, 0) is 61.4 Å². The Kier molecular flexibility index (Phi) is 6.55. The summed E-state index contributed by atoms with van der Waals surface area (Å²) in [4.78, 5) is 12.5. The summed E-state index contributed by atoms with van der Waals surface area (Å²) >= 11 is 0. The summed E-state index contributed by atoms with van der Waals surface area (Å²) < 4.78 is 18.5. The lowest BCUT2D eigenvalue weighted by atomic mass is 10.1. The second-order valence-electron chi connectivity index (χ2n) is 7.27. The summed E-state index contributed by atoms with van der Waals surface area (Å²) in [6.45, 7) is 5.47. The quantitative estimate of drug-likeness (QED) is 0.401. The SMILES string of the molecule is CCOc1ccc(OCc2ccc(C(=O)Nc3cnn(Cc4ccccc4C)c3)o2)cc1. The van der Waals surface area contributed by atoms with Crippen molar-refractivity contribution in [3.63, 3.8) is 0 Å². The van der Waals surface area contributed by atoms with Crippen molar-refractivity contribution in [1.82, 2.24) is 9.78 Å². The van der Waals surface area contributed by atoms with Crippen LogP contribution in [-0.2, 0) is 13.2 Å². The molecule has 0 aliphatic carbocycles. The van der Waals surface area contributed by atoms with Crippen LogP contribution in [0.1, 0.15) is 34.4 Å². The van der Waals surface area contributed by atoms with Gasteiger partial charge in [0.2, 0.25) is 0 Å². The summed E-state index contributed by atoms with van der Waals surface area (Å²) in [6, 6.07) is 18.8. The summed E-state index contributed by atoms with van der Waals surface area (Å²) in [5, 5.41) is 7.14. The lowest BCUT2D eigenvalue weighted by molar-refractivity contribution is 0.0992. The lowest BCUT2D eigenvalue weighted by Gasteiger charge is -2.06. The molecule has 2 heterocycles. The minimum absolute atomic E-state index is 0.210. The van der Waals surface area contributed by atoms with Gasteiger partial charge >= 0.3 is 0 Å². The van der Waals surface area contributed by atoms with Gasteiger partial charge in [0.05, 0.1) is 25.0 Å². The fourth-order valence-corrected chi connectivity index (χ4v) is 3.20. The highest BCUT2D eigenvalue weighted by Gasteiger charge is 2.13. The van der Waals surface area contributed by atoms with Gasteiger partial charge in [0.15, 0.2) is 5.76 Å². The summed E-state index contributed by atoms with van der Waals surface area (Å²) in [5.41, 5.74) is 2.98. The molecule has 32 heavy (non-hydrogen) atoms. The van der Waals surface area contributed by atoms with Crippen LogP contribution in [0.25, 0.3) is 0 Å². The number of furan rings is 1. The topological polar surface area (TPSA) is 78.5 Å². The first-order chi connectivity index (χ1) is 15.6. The Labute approximate surface area is 186 Å². The molecule has 0 saturated heterocycles. The van der Waals surface area contributed by atoms with E-state index in [0.29, 0.717) is 30.3 Å². The van der Waals surface area contributed by atoms with Crippen LogP contribution in [0, 0.1) is 6.92 Å². The number of carbonyl (C=O) groups is 1. The van der Waals surface area contributed by atoms with Gasteiger partial charge in [0, 0.05) is 6.20 Å². The van der Waals surface area contributed by atoms with Gasteiger partial charge < -0.3 is 19.2 Å². The molecule has 4 rings (SSSR count). The first kappa shape index (κ1) is 21.2. The van der Waals surface area contributed by atoms with Crippen molar-refractivity contribution in [2.24, 2.45) is 0 Å². The number of benzene rings is 2. The second-order valence-corrected chi connectivity index (χ2v) is 7.27. The Hall–Kier alpha value is -4.00. The third kappa shape index (κ3) is 5.37. The molecule has 7 nitrogen and oxygen atoms in total. The molecule has 164 valence electrons. The zero-order valence-electron chi connectivity index (χ0n) is 18.1. The average Bonchev–Trinajstić information content (AvgIpc) is 3.45. The Balaban J connectivity index is 1.31. The lowest BCUT2D eigenvalue weighted by Crippen LogP contribution is -2.10. The fourth-order valence-electron chi connectivity index (χ4n) is 3.20. The second kappa shape index (κ2) is 9.87. The maximum absolute atomic E-state index is 12.5. The van der Waals surface area contributed by atoms with E-state index in [1.54, 1.807) is 29.2 Å². The molecule has 2 aromatic heterocycles. The van der Waals surface area contributed by atoms with Gasteiger partial charge in [0.25, 0.3) is 5.91 Å². The number of hydrogen-bond donors (Lipinski definition) is 1. The summed E-state index contributed by atoms with van der Waals surface area (Å²) in [6.07, 6.45) is 3.41. The van der Waals surface area contributed by atoms with E-state index in [0.717, 1.165) is 5.75 Å². The van der Waals surface area contributed by atoms with Crippen LogP contribution in [0.4, 0.5) is 5.69 Å². The van der Waals surface area contributed by atoms with Crippen molar-refractivity contribution in [3.05, 3.63) is 95.7 Å². The standard InChI is InChI=1S/C25H25N3O4/c1-3-30-21-8-10-22(11-9-21)31-17-23-12-13-24(32-23)25(29)27-20-14-26-28(16-20)15-19-7-5-4-6-18(19)2/h4-14,16H,3,15,17H2,1-2H3,(H,27,29). The third-order valence-electron chi connectivity index (χ3n) is 4.89. The fraction of sp³-hybridized carbons (Fsp3) is 0.200. The maximum Gasteiger partial charge on any atom is 0.291 e. The number of anilines is 1. The molecule has 0 radical (unpaired) electrons. The number of ether oxygens (including phenoxy) is 2. The normalized spacial score (nSPS) is 10.7. The highest BCUT2D eigenvalue weighted by Crippen LogP contribution is 2.20. The van der Waals surface area contributed by atoms with E-state index in [2.05, 4.69) is 29.5 Å². The van der Waals surface area contributed by atoms with E-state index >= 15 is 0 Å². The predicted molar refractivity (Wildman–Crippen MR) is 121 cm³/mol. The van der Waals surface area contributed by atoms with E-state index in [1.165, 1.54) is 11.1 Å². The molecule has 0 aliphatic heterocycles. The molecule has 4 aromatic rings. The Morgan fingerprint density at radius 3 is 2.53 bits per heavy atom. The van der Waals surface area contributed by atoms with Crippen molar-refractivity contribution in [3.8, 4) is 11.5 Å². The zero-order valence-corrected chi connectivity index (χ0v) is 18.1. The molecule has 1 amide bonds. The van der Waals surface area contributed by atoms with Crippen LogP contribution >= 0.6 is 0 Å². The smallest absolute Gasteiger partial charge is 0.291 e. The molecule has 7 heteroatoms. The number of nitrogens with zero attached hydrogens (tertiary/aromatic N) is 2. The monoisotopic (exact) mass is 431 g/mol. The van der Waals surface area contributed by atoms with Crippen molar-refractivity contribution < 1.29 is 18.7 Å². The Morgan fingerprint density at radius 2 is 1.78 bits per heavy atom. The highest BCUT2D eigenvalue weighted by molar-refractivity contribution is 6.02. The molecule has 0 saturated carbocycles. The molecule has 0 unspecified atom stereocenters. The number of aromatic nitrogens is 2. The van der Waals surface area contributed by atoms with Crippen LogP contribution in [0.3, 0.4) is 0 Å². The summed E-state index contributed by atoms with van der Waals surface area (Å²) in [5.74, 6) is 1.91. The molecule has 0 atom stereocenters. The van der Waals surface area contributed by atoms with Crippen molar-refractivity contribution in [2.45, 2.75) is 27.0 Å². The van der Waals surface area contributed by atoms with E-state index in [1.807, 2.05) is 43.3 Å². The number of aryl methyl sites for hydroxylation is 1. The van der Waals surface area contributed by atoms with Crippen LogP contribution < -0.4 is 14.8 Å². The number of carbonyl (C=O) groups excluding carboxylic acids is 1. The van der Waals surface area contributed by atoms with E-state index in [4.69, 9.17) is 13.9 Å². The van der Waals surface area contributed by atoms with Crippen LogP contribution in [0.2, 0.25) is 0 Å². The van der Waals surface area contributed by atoms with Gasteiger partial charge in [-0.2, -0.15) is 5.10 Å². The molecule has 0 aliphatic rings. The van der Waals surface area contributed by atoms with Gasteiger partial charge in [0.1, 0.15) is 23.9 Å². The number of rotatable bonds is 9. The number of nitrogens with one attached hydrogen (secondary N) is 1. The zero-order chi connectivity index (χ0) is 22.3. The van der Waals surface area contributed by atoms with Crippen LogP contribution in [0.15, 0.2) is 77.5 Å². The number of amides is 1. The molecular formula is C25H25N3O4. The predicted octanol–water partition coefficient (Wildman–Crippen LogP) is 5.06. The molecular weight excluding hydrogens is 406 g/mol.